The number of benzene rings is 3. The first-order valence-electron chi connectivity index (χ1n) is 12.7. The molecule has 1 aliphatic heterocycles. The molecule has 0 radical (unpaired) electrons. The van der Waals surface area contributed by atoms with Crippen LogP contribution in [0.3, 0.4) is 0 Å². The molecule has 4 aromatic rings. The minimum atomic E-state index is -0.00843. The fraction of sp³-hybridized carbons (Fsp3) is 0.310. The normalized spacial score (nSPS) is 16.9. The van der Waals surface area contributed by atoms with E-state index in [2.05, 4.69) is 12.1 Å². The number of ether oxygens (including phenoxy) is 1. The number of nitrogens with one attached hydrogen (secondary N) is 2. The lowest BCUT2D eigenvalue weighted by atomic mass is 10.0. The van der Waals surface area contributed by atoms with Crippen LogP contribution in [0.5, 0.6) is 5.75 Å². The van der Waals surface area contributed by atoms with E-state index in [1.54, 1.807) is 16.7 Å². The molecule has 0 bridgehead atoms. The van der Waals surface area contributed by atoms with Crippen LogP contribution in [-0.2, 0) is 13.0 Å². The molecular formula is C29H33Cl3N4O2. The van der Waals surface area contributed by atoms with Crippen LogP contribution < -0.4 is 44.9 Å². The van der Waals surface area contributed by atoms with Crippen molar-refractivity contribution in [1.82, 2.24) is 9.78 Å². The lowest BCUT2D eigenvalue weighted by Crippen LogP contribution is -3.26. The molecule has 0 amide bonds. The molecule has 38 heavy (non-hydrogen) atoms. The summed E-state index contributed by atoms with van der Waals surface area (Å²) in [5, 5.41) is 7.19. The smallest absolute Gasteiger partial charge is 0.274 e. The lowest BCUT2D eigenvalue weighted by molar-refractivity contribution is -0.986. The molecule has 1 aromatic heterocycles. The molecule has 2 heterocycles. The van der Waals surface area contributed by atoms with Crippen molar-refractivity contribution in [1.29, 1.82) is 0 Å². The number of halogens is 3. The number of methoxy groups -OCH3 is 1. The number of aryl methyl sites for hydroxylation is 1. The number of fused-ring (bicyclic) bond motifs is 1. The summed E-state index contributed by atoms with van der Waals surface area (Å²) < 4.78 is 7.23. The van der Waals surface area contributed by atoms with Crippen molar-refractivity contribution < 1.29 is 39.4 Å². The van der Waals surface area contributed by atoms with Gasteiger partial charge in [-0.3, -0.25) is 9.69 Å². The molecule has 1 aliphatic rings. The number of aromatic nitrogens is 2. The molecule has 0 atom stereocenters. The maximum Gasteiger partial charge on any atom is 0.274 e. The van der Waals surface area contributed by atoms with E-state index >= 15 is 0 Å². The molecule has 0 spiro atoms. The molecule has 1 fully saturated rings. The van der Waals surface area contributed by atoms with Crippen LogP contribution in [-0.4, -0.2) is 49.6 Å². The van der Waals surface area contributed by atoms with Crippen LogP contribution >= 0.6 is 11.6 Å². The molecule has 0 aliphatic carbocycles. The number of para-hydroxylation sites is 2. The average molecular weight is 576 g/mol. The Labute approximate surface area is 241 Å². The third-order valence-electron chi connectivity index (χ3n) is 7.18. The van der Waals surface area contributed by atoms with Crippen LogP contribution in [0.15, 0.2) is 77.6 Å². The van der Waals surface area contributed by atoms with Gasteiger partial charge in [-0.05, 0) is 29.8 Å². The summed E-state index contributed by atoms with van der Waals surface area (Å²) in [4.78, 5) is 16.3. The van der Waals surface area contributed by atoms with Crippen molar-refractivity contribution in [3.8, 4) is 5.75 Å². The van der Waals surface area contributed by atoms with Crippen molar-refractivity contribution in [2.24, 2.45) is 0 Å². The van der Waals surface area contributed by atoms with Gasteiger partial charge in [0.2, 0.25) is 0 Å². The molecule has 3 aromatic carbocycles. The van der Waals surface area contributed by atoms with E-state index in [0.29, 0.717) is 13.0 Å². The van der Waals surface area contributed by atoms with Crippen molar-refractivity contribution >= 4 is 28.1 Å². The number of rotatable bonds is 8. The second kappa shape index (κ2) is 14.0. The van der Waals surface area contributed by atoms with E-state index in [-0.39, 0.29) is 30.4 Å². The Balaban J connectivity index is 0.00000200. The van der Waals surface area contributed by atoms with E-state index < -0.39 is 0 Å². The summed E-state index contributed by atoms with van der Waals surface area (Å²) in [6, 6.07) is 23.9. The van der Waals surface area contributed by atoms with Gasteiger partial charge in [0.25, 0.3) is 5.56 Å². The van der Waals surface area contributed by atoms with E-state index in [4.69, 9.17) is 21.4 Å². The third kappa shape index (κ3) is 6.87. The standard InChI is InChI=1S/C29H31ClN4O2.2ClH/c1-36-28-10-5-4-9-27(28)33-19-17-32(18-20-33)15-6-16-34-29(35)25-8-3-2-7-24(25)26(31-34)21-22-11-13-23(30)14-12-22;;/h2-5,7-14H,6,15-21H2,1H3;2*1H. The number of quaternary nitrogens is 2. The zero-order valence-corrected chi connectivity index (χ0v) is 23.7. The van der Waals surface area contributed by atoms with Crippen molar-refractivity contribution in [3.63, 3.8) is 0 Å². The van der Waals surface area contributed by atoms with E-state index in [0.717, 1.165) is 71.9 Å². The molecule has 0 saturated carbocycles. The lowest BCUT2D eigenvalue weighted by Gasteiger charge is -2.30. The van der Waals surface area contributed by atoms with Crippen LogP contribution in [0.1, 0.15) is 17.7 Å². The average Bonchev–Trinajstić information content (AvgIpc) is 2.92. The molecule has 6 nitrogen and oxygen atoms in total. The molecule has 9 heteroatoms. The maximum absolute atomic E-state index is 13.2. The largest absolute Gasteiger partial charge is 1.00 e. The highest BCUT2D eigenvalue weighted by molar-refractivity contribution is 6.30. The molecule has 2 N–H and O–H groups in total. The Bertz CT molecular complexity index is 1390. The van der Waals surface area contributed by atoms with Gasteiger partial charge in [0, 0.05) is 29.3 Å². The predicted octanol–water partition coefficient (Wildman–Crippen LogP) is -3.84. The zero-order valence-electron chi connectivity index (χ0n) is 21.4. The van der Waals surface area contributed by atoms with Crippen molar-refractivity contribution in [2.75, 3.05) is 39.8 Å². The Morgan fingerprint density at radius 1 is 0.895 bits per heavy atom. The van der Waals surface area contributed by atoms with Gasteiger partial charge in [-0.1, -0.05) is 54.1 Å². The summed E-state index contributed by atoms with van der Waals surface area (Å²) >= 11 is 6.06. The number of nitrogens with zero attached hydrogens (tertiary/aromatic N) is 2. The Morgan fingerprint density at radius 2 is 1.55 bits per heavy atom. The summed E-state index contributed by atoms with van der Waals surface area (Å²) in [5.41, 5.74) is 3.29. The molecular weight excluding hydrogens is 543 g/mol. The fourth-order valence-corrected chi connectivity index (χ4v) is 5.35. The van der Waals surface area contributed by atoms with Gasteiger partial charge < -0.3 is 34.5 Å². The van der Waals surface area contributed by atoms with Crippen LogP contribution in [0, 0.1) is 0 Å². The van der Waals surface area contributed by atoms with Crippen LogP contribution in [0.4, 0.5) is 5.69 Å². The Morgan fingerprint density at radius 3 is 2.26 bits per heavy atom. The van der Waals surface area contributed by atoms with Crippen molar-refractivity contribution in [2.45, 2.75) is 19.4 Å². The minimum Gasteiger partial charge on any atom is -1.00 e. The highest BCUT2D eigenvalue weighted by atomic mass is 35.5. The van der Waals surface area contributed by atoms with Gasteiger partial charge in [-0.15, -0.1) is 0 Å². The number of piperazine rings is 1. The van der Waals surface area contributed by atoms with Crippen LogP contribution in [0.2, 0.25) is 5.02 Å². The van der Waals surface area contributed by atoms with Gasteiger partial charge in [-0.25, -0.2) is 4.68 Å². The van der Waals surface area contributed by atoms with Gasteiger partial charge in [-0.2, -0.15) is 5.10 Å². The predicted molar refractivity (Wildman–Crippen MR) is 144 cm³/mol. The molecule has 5 rings (SSSR count). The first-order chi connectivity index (χ1) is 17.6. The topological polar surface area (TPSA) is 53.0 Å². The molecule has 1 saturated heterocycles. The molecule has 0 unspecified atom stereocenters. The number of hydrogen-bond donors (Lipinski definition) is 2. The SMILES string of the molecule is COc1ccccc1[NH+]1CC[NH+](CCCn2nc(Cc3ccc(Cl)cc3)c3ccccc3c2=O)CC1.[Cl-].[Cl-]. The Hall–Kier alpha value is -2.61. The van der Waals surface area contributed by atoms with E-state index in [1.165, 1.54) is 10.6 Å². The zero-order chi connectivity index (χ0) is 24.9. The second-order valence-electron chi connectivity index (χ2n) is 9.48. The summed E-state index contributed by atoms with van der Waals surface area (Å²) in [5.74, 6) is 0.965. The first-order valence-corrected chi connectivity index (χ1v) is 13.0. The summed E-state index contributed by atoms with van der Waals surface area (Å²) in [7, 11) is 1.74. The van der Waals surface area contributed by atoms with E-state index in [1.807, 2.05) is 60.7 Å². The summed E-state index contributed by atoms with van der Waals surface area (Å²) in [6.45, 7) is 6.03. The van der Waals surface area contributed by atoms with Gasteiger partial charge >= 0.3 is 0 Å². The van der Waals surface area contributed by atoms with E-state index in [9.17, 15) is 4.79 Å². The monoisotopic (exact) mass is 574 g/mol. The highest BCUT2D eigenvalue weighted by Crippen LogP contribution is 2.19. The third-order valence-corrected chi connectivity index (χ3v) is 7.43. The first kappa shape index (κ1) is 29.9. The quantitative estimate of drug-likeness (QED) is 0.226. The van der Waals surface area contributed by atoms with Gasteiger partial charge in [0.05, 0.1) is 31.3 Å². The maximum atomic E-state index is 13.2. The Kier molecular flexibility index (Phi) is 11.0. The van der Waals surface area contributed by atoms with Crippen molar-refractivity contribution in [3.05, 3.63) is 99.4 Å². The fourth-order valence-electron chi connectivity index (χ4n) is 5.22. The molecule has 202 valence electrons. The van der Waals surface area contributed by atoms with Gasteiger partial charge in [0.15, 0.2) is 11.4 Å². The number of hydrogen-bond acceptors (Lipinski definition) is 3. The second-order valence-corrected chi connectivity index (χ2v) is 9.92. The van der Waals surface area contributed by atoms with Crippen LogP contribution in [0.25, 0.3) is 10.8 Å². The minimum absolute atomic E-state index is 0. The summed E-state index contributed by atoms with van der Waals surface area (Å²) in [6.07, 6.45) is 1.59. The van der Waals surface area contributed by atoms with Gasteiger partial charge in [0.1, 0.15) is 26.2 Å². The highest BCUT2D eigenvalue weighted by Gasteiger charge is 2.26.